The van der Waals surface area contributed by atoms with Crippen molar-refractivity contribution in [1.82, 2.24) is 10.4 Å². The summed E-state index contributed by atoms with van der Waals surface area (Å²) in [6.07, 6.45) is 0. The summed E-state index contributed by atoms with van der Waals surface area (Å²) in [5.74, 6) is 0.887. The molecule has 2 aromatic carbocycles. The standard InChI is InChI=1S/C19H18Cl2N4O/c1-11(2)16-10-18(23-17-6-4-3-5-15(16)17)24-25-19(26)22-14-8-12(20)7-13(21)9-14/h3-11H,1-2H3,(H,23,24)(H2,22,25,26). The van der Waals surface area contributed by atoms with Crippen LogP contribution in [-0.2, 0) is 0 Å². The molecule has 0 aliphatic rings. The smallest absolute Gasteiger partial charge is 0.306 e. The number of hydrogen-bond acceptors (Lipinski definition) is 3. The van der Waals surface area contributed by atoms with Gasteiger partial charge in [-0.25, -0.2) is 9.78 Å². The van der Waals surface area contributed by atoms with Crippen molar-refractivity contribution in [2.75, 3.05) is 10.7 Å². The number of anilines is 2. The first kappa shape index (κ1) is 18.3. The average Bonchev–Trinajstić information content (AvgIpc) is 2.58. The van der Waals surface area contributed by atoms with Gasteiger partial charge in [-0.2, -0.15) is 0 Å². The first-order valence-corrected chi connectivity index (χ1v) is 8.87. The molecule has 3 rings (SSSR count). The van der Waals surface area contributed by atoms with E-state index in [-0.39, 0.29) is 0 Å². The minimum absolute atomic E-state index is 0.325. The molecule has 26 heavy (non-hydrogen) atoms. The monoisotopic (exact) mass is 388 g/mol. The molecule has 0 fully saturated rings. The second-order valence-corrected chi connectivity index (χ2v) is 7.00. The fourth-order valence-electron chi connectivity index (χ4n) is 2.65. The van der Waals surface area contributed by atoms with Gasteiger partial charge in [-0.3, -0.25) is 10.9 Å². The first-order chi connectivity index (χ1) is 12.4. The molecule has 0 aliphatic carbocycles. The fraction of sp³-hybridized carbons (Fsp3) is 0.158. The fourth-order valence-corrected chi connectivity index (χ4v) is 3.18. The van der Waals surface area contributed by atoms with E-state index in [2.05, 4.69) is 35.0 Å². The molecule has 2 amide bonds. The van der Waals surface area contributed by atoms with Crippen LogP contribution in [0.1, 0.15) is 25.3 Å². The zero-order chi connectivity index (χ0) is 18.7. The summed E-state index contributed by atoms with van der Waals surface area (Å²) in [5, 5.41) is 4.65. The molecule has 0 bridgehead atoms. The van der Waals surface area contributed by atoms with Gasteiger partial charge in [0.15, 0.2) is 0 Å². The number of carbonyl (C=O) groups is 1. The summed E-state index contributed by atoms with van der Waals surface area (Å²) in [4.78, 5) is 16.6. The van der Waals surface area contributed by atoms with Crippen LogP contribution in [0.2, 0.25) is 10.0 Å². The predicted molar refractivity (Wildman–Crippen MR) is 108 cm³/mol. The number of fused-ring (bicyclic) bond motifs is 1. The largest absolute Gasteiger partial charge is 0.337 e. The maximum Gasteiger partial charge on any atom is 0.337 e. The van der Waals surface area contributed by atoms with E-state index < -0.39 is 6.03 Å². The molecule has 1 heterocycles. The summed E-state index contributed by atoms with van der Waals surface area (Å²) >= 11 is 11.9. The molecule has 134 valence electrons. The summed E-state index contributed by atoms with van der Waals surface area (Å²) in [6.45, 7) is 4.24. The van der Waals surface area contributed by atoms with Gasteiger partial charge in [0, 0.05) is 21.1 Å². The zero-order valence-corrected chi connectivity index (χ0v) is 15.8. The van der Waals surface area contributed by atoms with E-state index in [9.17, 15) is 4.79 Å². The average molecular weight is 389 g/mol. The maximum atomic E-state index is 12.1. The van der Waals surface area contributed by atoms with Crippen LogP contribution in [0.5, 0.6) is 0 Å². The highest BCUT2D eigenvalue weighted by Gasteiger charge is 2.10. The molecular formula is C19H18Cl2N4O. The number of aromatic nitrogens is 1. The summed E-state index contributed by atoms with van der Waals surface area (Å²) in [6, 6.07) is 14.2. The number of halogens is 2. The molecule has 0 atom stereocenters. The lowest BCUT2D eigenvalue weighted by atomic mass is 9.99. The van der Waals surface area contributed by atoms with Crippen molar-refractivity contribution in [3.05, 3.63) is 64.1 Å². The Morgan fingerprint density at radius 3 is 2.42 bits per heavy atom. The van der Waals surface area contributed by atoms with Crippen LogP contribution in [0, 0.1) is 0 Å². The third-order valence-electron chi connectivity index (χ3n) is 3.79. The Morgan fingerprint density at radius 2 is 1.73 bits per heavy atom. The highest BCUT2D eigenvalue weighted by atomic mass is 35.5. The summed E-state index contributed by atoms with van der Waals surface area (Å²) in [5.41, 5.74) is 7.93. The van der Waals surface area contributed by atoms with Crippen LogP contribution in [0.3, 0.4) is 0 Å². The third-order valence-corrected chi connectivity index (χ3v) is 4.23. The number of hydrazine groups is 1. The van der Waals surface area contributed by atoms with Crippen LogP contribution in [-0.4, -0.2) is 11.0 Å². The quantitative estimate of drug-likeness (QED) is 0.493. The number of para-hydroxylation sites is 1. The number of benzene rings is 2. The number of amides is 2. The molecule has 3 aromatic rings. The van der Waals surface area contributed by atoms with E-state index >= 15 is 0 Å². The number of pyridine rings is 1. The molecule has 0 saturated carbocycles. The topological polar surface area (TPSA) is 66.0 Å². The molecule has 0 saturated heterocycles. The molecule has 3 N–H and O–H groups in total. The number of carbonyl (C=O) groups excluding carboxylic acids is 1. The number of urea groups is 1. The molecule has 0 radical (unpaired) electrons. The van der Waals surface area contributed by atoms with Gasteiger partial charge in [0.1, 0.15) is 5.82 Å². The predicted octanol–water partition coefficient (Wildman–Crippen LogP) is 5.81. The number of hydrogen-bond donors (Lipinski definition) is 3. The lowest BCUT2D eigenvalue weighted by Crippen LogP contribution is -2.34. The Balaban J connectivity index is 1.73. The van der Waals surface area contributed by atoms with E-state index in [1.807, 2.05) is 30.3 Å². The maximum absolute atomic E-state index is 12.1. The van der Waals surface area contributed by atoms with E-state index in [1.165, 1.54) is 0 Å². The van der Waals surface area contributed by atoms with Gasteiger partial charge in [-0.05, 0) is 41.8 Å². The first-order valence-electron chi connectivity index (χ1n) is 8.11. The van der Waals surface area contributed by atoms with Crippen molar-refractivity contribution in [1.29, 1.82) is 0 Å². The molecule has 7 heteroatoms. The van der Waals surface area contributed by atoms with E-state index in [0.29, 0.717) is 27.5 Å². The minimum Gasteiger partial charge on any atom is -0.306 e. The third kappa shape index (κ3) is 4.36. The second-order valence-electron chi connectivity index (χ2n) is 6.13. The van der Waals surface area contributed by atoms with E-state index in [1.54, 1.807) is 18.2 Å². The van der Waals surface area contributed by atoms with Gasteiger partial charge in [0.05, 0.1) is 5.52 Å². The molecule has 0 unspecified atom stereocenters. The SMILES string of the molecule is CC(C)c1cc(NNC(=O)Nc2cc(Cl)cc(Cl)c2)nc2ccccc12. The highest BCUT2D eigenvalue weighted by molar-refractivity contribution is 6.35. The number of nitrogens with one attached hydrogen (secondary N) is 3. The van der Waals surface area contributed by atoms with Crippen molar-refractivity contribution in [2.24, 2.45) is 0 Å². The Labute approximate surface area is 161 Å². The van der Waals surface area contributed by atoms with Crippen molar-refractivity contribution in [3.63, 3.8) is 0 Å². The molecule has 0 spiro atoms. The van der Waals surface area contributed by atoms with Crippen molar-refractivity contribution in [2.45, 2.75) is 19.8 Å². The second kappa shape index (κ2) is 7.81. The van der Waals surface area contributed by atoms with Crippen molar-refractivity contribution in [3.8, 4) is 0 Å². The zero-order valence-electron chi connectivity index (χ0n) is 14.3. The molecular weight excluding hydrogens is 371 g/mol. The Morgan fingerprint density at radius 1 is 1.04 bits per heavy atom. The van der Waals surface area contributed by atoms with Crippen molar-refractivity contribution >= 4 is 51.6 Å². The molecule has 0 aliphatic heterocycles. The highest BCUT2D eigenvalue weighted by Crippen LogP contribution is 2.26. The van der Waals surface area contributed by atoms with Gasteiger partial charge < -0.3 is 5.32 Å². The normalized spacial score (nSPS) is 10.8. The van der Waals surface area contributed by atoms with Gasteiger partial charge in [0.2, 0.25) is 0 Å². The Hall–Kier alpha value is -2.50. The van der Waals surface area contributed by atoms with Crippen LogP contribution in [0.25, 0.3) is 10.9 Å². The van der Waals surface area contributed by atoms with E-state index in [4.69, 9.17) is 23.2 Å². The van der Waals surface area contributed by atoms with Gasteiger partial charge in [-0.1, -0.05) is 55.2 Å². The number of nitrogens with zero attached hydrogens (tertiary/aromatic N) is 1. The van der Waals surface area contributed by atoms with Crippen LogP contribution < -0.4 is 16.2 Å². The molecule has 5 nitrogen and oxygen atoms in total. The lowest BCUT2D eigenvalue weighted by Gasteiger charge is -2.14. The minimum atomic E-state index is -0.454. The van der Waals surface area contributed by atoms with Gasteiger partial charge in [-0.15, -0.1) is 0 Å². The van der Waals surface area contributed by atoms with Crippen LogP contribution >= 0.6 is 23.2 Å². The number of rotatable bonds is 4. The van der Waals surface area contributed by atoms with Crippen LogP contribution in [0.15, 0.2) is 48.5 Å². The van der Waals surface area contributed by atoms with Gasteiger partial charge in [0.25, 0.3) is 0 Å². The lowest BCUT2D eigenvalue weighted by molar-refractivity contribution is 0.254. The summed E-state index contributed by atoms with van der Waals surface area (Å²) in [7, 11) is 0. The molecule has 1 aromatic heterocycles. The van der Waals surface area contributed by atoms with Gasteiger partial charge >= 0.3 is 6.03 Å². The van der Waals surface area contributed by atoms with Crippen molar-refractivity contribution < 1.29 is 4.79 Å². The summed E-state index contributed by atoms with van der Waals surface area (Å²) < 4.78 is 0. The van der Waals surface area contributed by atoms with E-state index in [0.717, 1.165) is 16.5 Å². The Bertz CT molecular complexity index is 939. The van der Waals surface area contributed by atoms with Crippen LogP contribution in [0.4, 0.5) is 16.3 Å². The Kier molecular flexibility index (Phi) is 5.49.